The van der Waals surface area contributed by atoms with Crippen molar-refractivity contribution in [2.24, 2.45) is 0 Å². The number of hydrogen-bond donors (Lipinski definition) is 2. The number of rotatable bonds is 3. The molecule has 0 saturated carbocycles. The molecular weight excluding hydrogens is 206 g/mol. The van der Waals surface area contributed by atoms with Crippen molar-refractivity contribution in [1.29, 1.82) is 0 Å². The molecule has 2 N–H and O–H groups in total. The first-order chi connectivity index (χ1) is 7.70. The fraction of sp³-hybridized carbons (Fsp3) is 0.417. The summed E-state index contributed by atoms with van der Waals surface area (Å²) in [5, 5.41) is 11.9. The number of carbonyl (C=O) groups is 1. The van der Waals surface area contributed by atoms with Gasteiger partial charge in [0, 0.05) is 13.3 Å². The number of carbonyl (C=O) groups excluding carboxylic acids is 1. The van der Waals surface area contributed by atoms with Crippen LogP contribution in [0.2, 0.25) is 0 Å². The Morgan fingerprint density at radius 3 is 3.12 bits per heavy atom. The fourth-order valence-corrected chi connectivity index (χ4v) is 1.90. The molecule has 86 valence electrons. The van der Waals surface area contributed by atoms with Crippen LogP contribution in [0, 0.1) is 0 Å². The summed E-state index contributed by atoms with van der Waals surface area (Å²) in [6.07, 6.45) is 0.890. The Labute approximate surface area is 94.2 Å². The molecule has 0 spiro atoms. The first kappa shape index (κ1) is 11.0. The first-order valence-electron chi connectivity index (χ1n) is 5.34. The zero-order valence-corrected chi connectivity index (χ0v) is 9.19. The maximum absolute atomic E-state index is 11.0. The van der Waals surface area contributed by atoms with Gasteiger partial charge in [-0.25, -0.2) is 0 Å². The second-order valence-electron chi connectivity index (χ2n) is 3.90. The van der Waals surface area contributed by atoms with Crippen LogP contribution in [0.5, 0.6) is 5.75 Å². The lowest BCUT2D eigenvalue weighted by atomic mass is 10.0. The van der Waals surface area contributed by atoms with Crippen LogP contribution in [0.1, 0.15) is 24.1 Å². The number of aliphatic hydroxyl groups is 1. The van der Waals surface area contributed by atoms with Gasteiger partial charge in [-0.15, -0.1) is 0 Å². The van der Waals surface area contributed by atoms with Crippen molar-refractivity contribution in [2.75, 3.05) is 13.2 Å². The van der Waals surface area contributed by atoms with Crippen molar-refractivity contribution >= 4 is 5.91 Å². The Morgan fingerprint density at radius 1 is 1.62 bits per heavy atom. The maximum Gasteiger partial charge on any atom is 0.217 e. The molecular formula is C12H15NO3. The van der Waals surface area contributed by atoms with E-state index in [-0.39, 0.29) is 18.6 Å². The van der Waals surface area contributed by atoms with Gasteiger partial charge in [0.2, 0.25) is 5.91 Å². The van der Waals surface area contributed by atoms with E-state index < -0.39 is 0 Å². The minimum Gasteiger partial charge on any atom is -0.493 e. The van der Waals surface area contributed by atoms with Crippen molar-refractivity contribution in [3.8, 4) is 5.75 Å². The van der Waals surface area contributed by atoms with Gasteiger partial charge in [0.25, 0.3) is 0 Å². The van der Waals surface area contributed by atoms with Gasteiger partial charge in [0.15, 0.2) is 0 Å². The molecule has 1 atom stereocenters. The largest absolute Gasteiger partial charge is 0.493 e. The van der Waals surface area contributed by atoms with Gasteiger partial charge in [0.05, 0.1) is 19.3 Å². The molecule has 1 aliphatic rings. The highest BCUT2D eigenvalue weighted by molar-refractivity contribution is 5.73. The van der Waals surface area contributed by atoms with Crippen LogP contribution in [0.15, 0.2) is 18.2 Å². The SMILES string of the molecule is CC(=O)NC(CO)c1ccc2c(c1)CCO2. The van der Waals surface area contributed by atoms with E-state index >= 15 is 0 Å². The minimum atomic E-state index is -0.330. The van der Waals surface area contributed by atoms with Gasteiger partial charge >= 0.3 is 0 Å². The van der Waals surface area contributed by atoms with Crippen molar-refractivity contribution in [2.45, 2.75) is 19.4 Å². The third kappa shape index (κ3) is 2.17. The number of benzene rings is 1. The van der Waals surface area contributed by atoms with E-state index in [9.17, 15) is 9.90 Å². The Hall–Kier alpha value is -1.55. The molecule has 0 fully saturated rings. The Morgan fingerprint density at radius 2 is 2.44 bits per heavy atom. The van der Waals surface area contributed by atoms with Gasteiger partial charge < -0.3 is 15.2 Å². The smallest absolute Gasteiger partial charge is 0.217 e. The molecule has 2 rings (SSSR count). The van der Waals surface area contributed by atoms with E-state index in [0.717, 1.165) is 23.3 Å². The molecule has 0 radical (unpaired) electrons. The molecule has 0 aliphatic carbocycles. The normalized spacial score (nSPS) is 15.1. The molecule has 1 aromatic rings. The molecule has 4 heteroatoms. The molecule has 1 heterocycles. The van der Waals surface area contributed by atoms with Crippen LogP contribution < -0.4 is 10.1 Å². The topological polar surface area (TPSA) is 58.6 Å². The highest BCUT2D eigenvalue weighted by Gasteiger charge is 2.16. The summed E-state index contributed by atoms with van der Waals surface area (Å²) in [5.74, 6) is 0.763. The summed E-state index contributed by atoms with van der Waals surface area (Å²) in [7, 11) is 0. The van der Waals surface area contributed by atoms with Gasteiger partial charge in [0.1, 0.15) is 5.75 Å². The van der Waals surface area contributed by atoms with Crippen LogP contribution >= 0.6 is 0 Å². The third-order valence-electron chi connectivity index (χ3n) is 2.68. The Kier molecular flexibility index (Phi) is 3.10. The van der Waals surface area contributed by atoms with Crippen LogP contribution in [0.4, 0.5) is 0 Å². The number of nitrogens with one attached hydrogen (secondary N) is 1. The minimum absolute atomic E-state index is 0.0980. The summed E-state index contributed by atoms with van der Waals surface area (Å²) in [4.78, 5) is 11.0. The molecule has 0 bridgehead atoms. The van der Waals surface area contributed by atoms with E-state index in [4.69, 9.17) is 4.74 Å². The quantitative estimate of drug-likeness (QED) is 0.793. The summed E-state index contributed by atoms with van der Waals surface area (Å²) < 4.78 is 5.40. The summed E-state index contributed by atoms with van der Waals surface area (Å²) in [5.41, 5.74) is 2.06. The zero-order valence-electron chi connectivity index (χ0n) is 9.19. The van der Waals surface area contributed by atoms with Gasteiger partial charge in [-0.05, 0) is 23.3 Å². The van der Waals surface area contributed by atoms with Crippen LogP contribution in [-0.2, 0) is 11.2 Å². The average molecular weight is 221 g/mol. The number of amides is 1. The molecule has 16 heavy (non-hydrogen) atoms. The second-order valence-corrected chi connectivity index (χ2v) is 3.90. The monoisotopic (exact) mass is 221 g/mol. The van der Waals surface area contributed by atoms with Crippen LogP contribution in [-0.4, -0.2) is 24.2 Å². The molecule has 1 unspecified atom stereocenters. The lowest BCUT2D eigenvalue weighted by Gasteiger charge is -2.16. The summed E-state index contributed by atoms with van der Waals surface area (Å²) in [6.45, 7) is 2.06. The van der Waals surface area contributed by atoms with Crippen LogP contribution in [0.25, 0.3) is 0 Å². The predicted molar refractivity (Wildman–Crippen MR) is 59.3 cm³/mol. The lowest BCUT2D eigenvalue weighted by molar-refractivity contribution is -0.120. The predicted octanol–water partition coefficient (Wildman–Crippen LogP) is 0.791. The van der Waals surface area contributed by atoms with Gasteiger partial charge in [-0.1, -0.05) is 6.07 Å². The van der Waals surface area contributed by atoms with Gasteiger partial charge in [-0.2, -0.15) is 0 Å². The molecule has 1 aliphatic heterocycles. The molecule has 0 saturated heterocycles. The van der Waals surface area contributed by atoms with Crippen molar-refractivity contribution in [1.82, 2.24) is 5.32 Å². The van der Waals surface area contributed by atoms with Crippen molar-refractivity contribution < 1.29 is 14.6 Å². The third-order valence-corrected chi connectivity index (χ3v) is 2.68. The van der Waals surface area contributed by atoms with Crippen molar-refractivity contribution in [3.05, 3.63) is 29.3 Å². The van der Waals surface area contributed by atoms with Gasteiger partial charge in [-0.3, -0.25) is 4.79 Å². The molecule has 1 amide bonds. The average Bonchev–Trinajstić information content (AvgIpc) is 2.72. The van der Waals surface area contributed by atoms with E-state index in [0.29, 0.717) is 6.61 Å². The fourth-order valence-electron chi connectivity index (χ4n) is 1.90. The Bertz CT molecular complexity index is 403. The van der Waals surface area contributed by atoms with Crippen molar-refractivity contribution in [3.63, 3.8) is 0 Å². The van der Waals surface area contributed by atoms with E-state index in [1.807, 2.05) is 18.2 Å². The van der Waals surface area contributed by atoms with E-state index in [1.54, 1.807) is 0 Å². The highest BCUT2D eigenvalue weighted by atomic mass is 16.5. The standard InChI is InChI=1S/C12H15NO3/c1-8(15)13-11(7-14)9-2-3-12-10(6-9)4-5-16-12/h2-3,6,11,14H,4-5,7H2,1H3,(H,13,15). The number of hydrogen-bond acceptors (Lipinski definition) is 3. The zero-order chi connectivity index (χ0) is 11.5. The lowest BCUT2D eigenvalue weighted by Crippen LogP contribution is -2.28. The van der Waals surface area contributed by atoms with Crippen LogP contribution in [0.3, 0.4) is 0 Å². The number of ether oxygens (including phenoxy) is 1. The Balaban J connectivity index is 2.21. The number of aliphatic hydroxyl groups excluding tert-OH is 1. The first-order valence-corrected chi connectivity index (χ1v) is 5.34. The van der Waals surface area contributed by atoms with E-state index in [2.05, 4.69) is 5.32 Å². The molecule has 0 aromatic heterocycles. The number of fused-ring (bicyclic) bond motifs is 1. The summed E-state index contributed by atoms with van der Waals surface area (Å²) in [6, 6.07) is 5.42. The molecule has 4 nitrogen and oxygen atoms in total. The molecule has 1 aromatic carbocycles. The maximum atomic E-state index is 11.0. The highest BCUT2D eigenvalue weighted by Crippen LogP contribution is 2.28. The summed E-state index contributed by atoms with van der Waals surface area (Å²) >= 11 is 0. The second kappa shape index (κ2) is 4.53. The van der Waals surface area contributed by atoms with E-state index in [1.165, 1.54) is 6.92 Å².